The van der Waals surface area contributed by atoms with Crippen LogP contribution in [0.1, 0.15) is 0 Å². The molecular formula is C12H10NPd+. The van der Waals surface area contributed by atoms with Crippen LogP contribution in [0.5, 0.6) is 0 Å². The average Bonchev–Trinajstić information content (AvgIpc) is 2.19. The molecule has 2 rings (SSSR count). The van der Waals surface area contributed by atoms with Crippen molar-refractivity contribution in [2.45, 2.75) is 0 Å². The van der Waals surface area contributed by atoms with E-state index in [1.54, 1.807) is 0 Å². The van der Waals surface area contributed by atoms with E-state index < -0.39 is 0 Å². The van der Waals surface area contributed by atoms with Gasteiger partial charge < -0.3 is 5.73 Å². The van der Waals surface area contributed by atoms with Crippen molar-refractivity contribution in [2.75, 3.05) is 5.73 Å². The Balaban J connectivity index is 0.000000980. The second kappa shape index (κ2) is 4.95. The topological polar surface area (TPSA) is 26.0 Å². The Hall–Kier alpha value is -1.10. The fourth-order valence-corrected chi connectivity index (χ4v) is 1.27. The minimum absolute atomic E-state index is 0. The van der Waals surface area contributed by atoms with Crippen LogP contribution in [-0.2, 0) is 20.4 Å². The first-order chi connectivity index (χ1) is 6.36. The van der Waals surface area contributed by atoms with Crippen molar-refractivity contribution in [1.29, 1.82) is 0 Å². The van der Waals surface area contributed by atoms with Crippen LogP contribution in [-0.4, -0.2) is 0 Å². The van der Waals surface area contributed by atoms with E-state index in [0.29, 0.717) is 5.69 Å². The van der Waals surface area contributed by atoms with Crippen LogP contribution in [0.4, 0.5) is 5.69 Å². The van der Waals surface area contributed by atoms with Crippen LogP contribution in [0.15, 0.2) is 48.5 Å². The third-order valence-corrected chi connectivity index (χ3v) is 1.90. The first-order valence-electron chi connectivity index (χ1n) is 4.19. The van der Waals surface area contributed by atoms with Gasteiger partial charge in [-0.05, 0) is 0 Å². The summed E-state index contributed by atoms with van der Waals surface area (Å²) in [6.07, 6.45) is 0. The molecule has 2 N–H and O–H groups in total. The summed E-state index contributed by atoms with van der Waals surface area (Å²) < 4.78 is 0. The molecule has 0 heterocycles. The monoisotopic (exact) mass is 274 g/mol. The molecule has 1 nitrogen and oxygen atoms in total. The molecule has 0 amide bonds. The van der Waals surface area contributed by atoms with Gasteiger partial charge in [-0.3, -0.25) is 0 Å². The van der Waals surface area contributed by atoms with Gasteiger partial charge in [0.2, 0.25) is 0 Å². The Labute approximate surface area is 97.6 Å². The van der Waals surface area contributed by atoms with Crippen molar-refractivity contribution in [2.24, 2.45) is 0 Å². The molecule has 0 spiro atoms. The van der Waals surface area contributed by atoms with Gasteiger partial charge in [0, 0.05) is 0 Å². The smallest absolute Gasteiger partial charge is 0.414 e. The van der Waals surface area contributed by atoms with Gasteiger partial charge in [0.1, 0.15) is 0 Å². The molecular weight excluding hydrogens is 265 g/mol. The second-order valence-corrected chi connectivity index (χ2v) is 2.89. The number of anilines is 1. The summed E-state index contributed by atoms with van der Waals surface area (Å²) in [5, 5.41) is 0. The summed E-state index contributed by atoms with van der Waals surface area (Å²) >= 11 is 0. The molecule has 0 bridgehead atoms. The van der Waals surface area contributed by atoms with Crippen molar-refractivity contribution in [3.63, 3.8) is 0 Å². The van der Waals surface area contributed by atoms with Gasteiger partial charge in [-0.1, -0.05) is 41.6 Å². The van der Waals surface area contributed by atoms with E-state index >= 15 is 0 Å². The zero-order valence-electron chi connectivity index (χ0n) is 7.51. The molecule has 0 saturated carbocycles. The molecule has 0 aliphatic heterocycles. The van der Waals surface area contributed by atoms with E-state index in [1.807, 2.05) is 48.5 Å². The van der Waals surface area contributed by atoms with Crippen molar-refractivity contribution in [1.82, 2.24) is 0 Å². The molecule has 0 unspecified atom stereocenters. The Morgan fingerprint density at radius 2 is 1.57 bits per heavy atom. The number of hydrogen-bond acceptors (Lipinski definition) is 1. The summed E-state index contributed by atoms with van der Waals surface area (Å²) in [5.41, 5.74) is 8.51. The third kappa shape index (κ3) is 2.45. The van der Waals surface area contributed by atoms with E-state index in [2.05, 4.69) is 6.07 Å². The van der Waals surface area contributed by atoms with Crippen LogP contribution >= 0.6 is 0 Å². The first kappa shape index (κ1) is 11.0. The minimum Gasteiger partial charge on any atom is -0.414 e. The average molecular weight is 275 g/mol. The molecule has 0 fully saturated rings. The van der Waals surface area contributed by atoms with Gasteiger partial charge in [0.25, 0.3) is 0 Å². The normalized spacial score (nSPS) is 9.14. The molecule has 0 aromatic heterocycles. The van der Waals surface area contributed by atoms with Crippen molar-refractivity contribution in [3.8, 4) is 11.1 Å². The third-order valence-electron chi connectivity index (χ3n) is 1.90. The van der Waals surface area contributed by atoms with E-state index in [-0.39, 0.29) is 20.4 Å². The van der Waals surface area contributed by atoms with E-state index in [9.17, 15) is 0 Å². The molecule has 14 heavy (non-hydrogen) atoms. The number of nitrogens with two attached hydrogens (primary N) is 1. The molecule has 0 radical (unpaired) electrons. The Kier molecular flexibility index (Phi) is 3.88. The first-order valence-corrected chi connectivity index (χ1v) is 4.19. The van der Waals surface area contributed by atoms with Crippen LogP contribution in [0, 0.1) is 6.07 Å². The molecule has 2 heteroatoms. The van der Waals surface area contributed by atoms with Gasteiger partial charge in [0.05, 0.1) is 0 Å². The van der Waals surface area contributed by atoms with E-state index in [0.717, 1.165) is 11.1 Å². The van der Waals surface area contributed by atoms with Gasteiger partial charge in [-0.2, -0.15) is 0 Å². The summed E-state index contributed by atoms with van der Waals surface area (Å²) in [4.78, 5) is 0. The van der Waals surface area contributed by atoms with Gasteiger partial charge in [-0.25, -0.2) is 0 Å². The number of hydrogen-bond donors (Lipinski definition) is 1. The second-order valence-electron chi connectivity index (χ2n) is 2.89. The molecule has 2 aromatic rings. The van der Waals surface area contributed by atoms with Crippen LogP contribution in [0.25, 0.3) is 11.1 Å². The van der Waals surface area contributed by atoms with Gasteiger partial charge >= 0.3 is 20.4 Å². The predicted molar refractivity (Wildman–Crippen MR) is 55.1 cm³/mol. The standard InChI is InChI=1S/C12H10N.Pd/c13-12-8-4-7-11(9-12)10-5-2-1-3-6-10;/h1-8H,13H2;/q-1;+2. The Bertz CT molecular complexity index is 398. The van der Waals surface area contributed by atoms with E-state index in [4.69, 9.17) is 5.73 Å². The van der Waals surface area contributed by atoms with Crippen LogP contribution < -0.4 is 5.73 Å². The van der Waals surface area contributed by atoms with Gasteiger partial charge in [0.15, 0.2) is 0 Å². The zero-order valence-corrected chi connectivity index (χ0v) is 9.07. The summed E-state index contributed by atoms with van der Waals surface area (Å²) in [5.74, 6) is 0. The van der Waals surface area contributed by atoms with Crippen molar-refractivity contribution >= 4 is 5.69 Å². The molecule has 0 aliphatic rings. The predicted octanol–water partition coefficient (Wildman–Crippen LogP) is 2.73. The number of rotatable bonds is 1. The summed E-state index contributed by atoms with van der Waals surface area (Å²) in [6, 6.07) is 19.0. The molecule has 72 valence electrons. The number of benzene rings is 2. The minimum atomic E-state index is 0. The van der Waals surface area contributed by atoms with Crippen molar-refractivity contribution < 1.29 is 20.4 Å². The SMILES string of the molecule is Nc1[c-]c(-c2ccccc2)ccc1.[Pd+2]. The maximum absolute atomic E-state index is 5.64. The zero-order chi connectivity index (χ0) is 9.10. The number of nitrogen functional groups attached to an aromatic ring is 1. The largest absolute Gasteiger partial charge is 2.00 e. The maximum atomic E-state index is 5.64. The molecule has 0 atom stereocenters. The van der Waals surface area contributed by atoms with Crippen LogP contribution in [0.3, 0.4) is 0 Å². The molecule has 0 aliphatic carbocycles. The van der Waals surface area contributed by atoms with Crippen molar-refractivity contribution in [3.05, 3.63) is 54.6 Å². The molecule has 2 aromatic carbocycles. The maximum Gasteiger partial charge on any atom is 2.00 e. The fraction of sp³-hybridized carbons (Fsp3) is 0. The van der Waals surface area contributed by atoms with Gasteiger partial charge in [-0.15, -0.1) is 29.8 Å². The van der Waals surface area contributed by atoms with E-state index in [1.165, 1.54) is 0 Å². The summed E-state index contributed by atoms with van der Waals surface area (Å²) in [7, 11) is 0. The fourth-order valence-electron chi connectivity index (χ4n) is 1.27. The quantitative estimate of drug-likeness (QED) is 0.483. The Morgan fingerprint density at radius 3 is 2.21 bits per heavy atom. The van der Waals surface area contributed by atoms with Crippen LogP contribution in [0.2, 0.25) is 0 Å². The Morgan fingerprint density at radius 1 is 0.857 bits per heavy atom. The molecule has 0 saturated heterocycles. The summed E-state index contributed by atoms with van der Waals surface area (Å²) in [6.45, 7) is 0.